The summed E-state index contributed by atoms with van der Waals surface area (Å²) in [5.41, 5.74) is 0.102. The van der Waals surface area contributed by atoms with Crippen LogP contribution in [0.3, 0.4) is 0 Å². The monoisotopic (exact) mass is 282 g/mol. The van der Waals surface area contributed by atoms with E-state index in [2.05, 4.69) is 5.32 Å². The van der Waals surface area contributed by atoms with Gasteiger partial charge in [-0.25, -0.2) is 0 Å². The fourth-order valence-electron chi connectivity index (χ4n) is 1.31. The van der Waals surface area contributed by atoms with Gasteiger partial charge < -0.3 is 5.32 Å². The highest BCUT2D eigenvalue weighted by molar-refractivity contribution is 7.12. The fourth-order valence-corrected chi connectivity index (χ4v) is 2.10. The average Bonchev–Trinajstić information content (AvgIpc) is 2.85. The largest absolute Gasteiger partial charge is 0.320 e. The number of nitrogens with one attached hydrogen (secondary N) is 1. The SMILES string of the molecule is O=C(Nc1cc([N+](=O)[O-])ccc1Cl)c1cccs1. The zero-order chi connectivity index (χ0) is 13.1. The Balaban J connectivity index is 2.26. The van der Waals surface area contributed by atoms with Crippen molar-refractivity contribution in [3.63, 3.8) is 0 Å². The molecule has 0 bridgehead atoms. The molecule has 0 saturated heterocycles. The van der Waals surface area contributed by atoms with Gasteiger partial charge in [0, 0.05) is 12.1 Å². The van der Waals surface area contributed by atoms with Crippen LogP contribution in [0, 0.1) is 10.1 Å². The summed E-state index contributed by atoms with van der Waals surface area (Å²) < 4.78 is 0. The second-order valence-electron chi connectivity index (χ2n) is 3.35. The van der Waals surface area contributed by atoms with Gasteiger partial charge in [0.25, 0.3) is 11.6 Å². The van der Waals surface area contributed by atoms with E-state index in [1.807, 2.05) is 0 Å². The van der Waals surface area contributed by atoms with Gasteiger partial charge in [-0.2, -0.15) is 0 Å². The molecule has 0 aliphatic rings. The lowest BCUT2D eigenvalue weighted by atomic mass is 10.2. The maximum atomic E-state index is 11.8. The van der Waals surface area contributed by atoms with Crippen LogP contribution in [0.1, 0.15) is 9.67 Å². The van der Waals surface area contributed by atoms with Crippen LogP contribution < -0.4 is 5.32 Å². The van der Waals surface area contributed by atoms with Gasteiger partial charge in [0.1, 0.15) is 0 Å². The van der Waals surface area contributed by atoms with Crippen molar-refractivity contribution in [3.8, 4) is 0 Å². The minimum absolute atomic E-state index is 0.124. The molecule has 0 aliphatic carbocycles. The van der Waals surface area contributed by atoms with Gasteiger partial charge in [0.05, 0.1) is 20.5 Å². The van der Waals surface area contributed by atoms with Gasteiger partial charge >= 0.3 is 0 Å². The van der Waals surface area contributed by atoms with Gasteiger partial charge in [0.2, 0.25) is 0 Å². The normalized spacial score (nSPS) is 10.1. The smallest absolute Gasteiger partial charge is 0.271 e. The van der Waals surface area contributed by atoms with E-state index < -0.39 is 4.92 Å². The molecule has 92 valence electrons. The first-order valence-electron chi connectivity index (χ1n) is 4.87. The van der Waals surface area contributed by atoms with Gasteiger partial charge in [-0.05, 0) is 17.5 Å². The Hall–Kier alpha value is -1.92. The molecule has 2 aromatic rings. The number of nitrogens with zero attached hydrogens (tertiary/aromatic N) is 1. The highest BCUT2D eigenvalue weighted by atomic mass is 35.5. The first kappa shape index (κ1) is 12.5. The van der Waals surface area contributed by atoms with E-state index in [1.54, 1.807) is 17.5 Å². The van der Waals surface area contributed by atoms with Crippen LogP contribution in [-0.2, 0) is 0 Å². The zero-order valence-corrected chi connectivity index (χ0v) is 10.5. The molecule has 0 unspecified atom stereocenters. The lowest BCUT2D eigenvalue weighted by Crippen LogP contribution is -2.10. The Morgan fingerprint density at radius 1 is 1.39 bits per heavy atom. The number of thiophene rings is 1. The third-order valence-corrected chi connectivity index (χ3v) is 3.35. The molecule has 1 aromatic carbocycles. The quantitative estimate of drug-likeness (QED) is 0.691. The number of non-ortho nitro benzene ring substituents is 1. The number of nitro benzene ring substituents is 1. The molecule has 1 N–H and O–H groups in total. The molecule has 0 spiro atoms. The van der Waals surface area contributed by atoms with Crippen LogP contribution in [-0.4, -0.2) is 10.8 Å². The summed E-state index contributed by atoms with van der Waals surface area (Å²) in [4.78, 5) is 22.4. The van der Waals surface area contributed by atoms with Crippen LogP contribution in [0.15, 0.2) is 35.7 Å². The van der Waals surface area contributed by atoms with Crippen LogP contribution in [0.5, 0.6) is 0 Å². The highest BCUT2D eigenvalue weighted by Gasteiger charge is 2.13. The molecular formula is C11H7ClN2O3S. The molecule has 0 radical (unpaired) electrons. The van der Waals surface area contributed by atoms with Crippen molar-refractivity contribution < 1.29 is 9.72 Å². The lowest BCUT2D eigenvalue weighted by Gasteiger charge is -2.05. The van der Waals surface area contributed by atoms with Crippen molar-refractivity contribution in [1.29, 1.82) is 0 Å². The van der Waals surface area contributed by atoms with E-state index in [1.165, 1.54) is 29.5 Å². The highest BCUT2D eigenvalue weighted by Crippen LogP contribution is 2.27. The van der Waals surface area contributed by atoms with E-state index in [0.29, 0.717) is 4.88 Å². The zero-order valence-electron chi connectivity index (χ0n) is 8.92. The molecule has 0 aliphatic heterocycles. The first-order valence-corrected chi connectivity index (χ1v) is 6.12. The summed E-state index contributed by atoms with van der Waals surface area (Å²) in [6, 6.07) is 7.29. The molecule has 5 nitrogen and oxygen atoms in total. The van der Waals surface area contributed by atoms with Crippen molar-refractivity contribution in [2.45, 2.75) is 0 Å². The molecule has 0 atom stereocenters. The topological polar surface area (TPSA) is 72.2 Å². The minimum atomic E-state index is -0.545. The molecule has 0 fully saturated rings. The van der Waals surface area contributed by atoms with Gasteiger partial charge in [-0.15, -0.1) is 11.3 Å². The number of carbonyl (C=O) groups excluding carboxylic acids is 1. The number of hydrogen-bond donors (Lipinski definition) is 1. The Morgan fingerprint density at radius 2 is 2.17 bits per heavy atom. The van der Waals surface area contributed by atoms with Gasteiger partial charge in [-0.3, -0.25) is 14.9 Å². The summed E-state index contributed by atoms with van der Waals surface area (Å²) in [5.74, 6) is -0.340. The van der Waals surface area contributed by atoms with E-state index in [9.17, 15) is 14.9 Å². The van der Waals surface area contributed by atoms with Crippen molar-refractivity contribution in [2.75, 3.05) is 5.32 Å². The van der Waals surface area contributed by atoms with E-state index in [-0.39, 0.29) is 22.3 Å². The summed E-state index contributed by atoms with van der Waals surface area (Å²) in [6.45, 7) is 0. The third-order valence-electron chi connectivity index (χ3n) is 2.15. The maximum Gasteiger partial charge on any atom is 0.271 e. The molecule has 1 aromatic heterocycles. The van der Waals surface area contributed by atoms with Crippen LogP contribution in [0.4, 0.5) is 11.4 Å². The second-order valence-corrected chi connectivity index (χ2v) is 4.71. The Labute approximate surface area is 111 Å². The van der Waals surface area contributed by atoms with Crippen molar-refractivity contribution >= 4 is 40.2 Å². The molecule has 0 saturated carbocycles. The van der Waals surface area contributed by atoms with E-state index in [0.717, 1.165) is 0 Å². The van der Waals surface area contributed by atoms with Crippen molar-refractivity contribution in [3.05, 3.63) is 55.7 Å². The molecular weight excluding hydrogens is 276 g/mol. The summed E-state index contributed by atoms with van der Waals surface area (Å²) in [6.07, 6.45) is 0. The fraction of sp³-hybridized carbons (Fsp3) is 0. The number of hydrogen-bond acceptors (Lipinski definition) is 4. The number of anilines is 1. The summed E-state index contributed by atoms with van der Waals surface area (Å²) in [5, 5.41) is 15.2. The third kappa shape index (κ3) is 2.66. The van der Waals surface area contributed by atoms with Crippen LogP contribution in [0.2, 0.25) is 5.02 Å². The predicted molar refractivity (Wildman–Crippen MR) is 70.4 cm³/mol. The first-order chi connectivity index (χ1) is 8.58. The minimum Gasteiger partial charge on any atom is -0.320 e. The number of carbonyl (C=O) groups is 1. The van der Waals surface area contributed by atoms with Crippen molar-refractivity contribution in [2.24, 2.45) is 0 Å². The lowest BCUT2D eigenvalue weighted by molar-refractivity contribution is -0.384. The number of rotatable bonds is 3. The Morgan fingerprint density at radius 3 is 2.78 bits per heavy atom. The predicted octanol–water partition coefficient (Wildman–Crippen LogP) is 3.56. The summed E-state index contributed by atoms with van der Waals surface area (Å²) in [7, 11) is 0. The molecule has 1 amide bonds. The van der Waals surface area contributed by atoms with E-state index in [4.69, 9.17) is 11.6 Å². The van der Waals surface area contributed by atoms with Gasteiger partial charge in [0.15, 0.2) is 0 Å². The number of halogens is 1. The Kier molecular flexibility index (Phi) is 3.59. The molecule has 18 heavy (non-hydrogen) atoms. The standard InChI is InChI=1S/C11H7ClN2O3S/c12-8-4-3-7(14(16)17)6-9(8)13-11(15)10-2-1-5-18-10/h1-6H,(H,13,15). The van der Waals surface area contributed by atoms with Crippen LogP contribution >= 0.6 is 22.9 Å². The maximum absolute atomic E-state index is 11.8. The van der Waals surface area contributed by atoms with Crippen LogP contribution in [0.25, 0.3) is 0 Å². The number of benzene rings is 1. The molecule has 7 heteroatoms. The molecule has 2 rings (SSSR count). The second kappa shape index (κ2) is 5.16. The van der Waals surface area contributed by atoms with Crippen molar-refractivity contribution in [1.82, 2.24) is 0 Å². The van der Waals surface area contributed by atoms with Gasteiger partial charge in [-0.1, -0.05) is 17.7 Å². The van der Waals surface area contributed by atoms with E-state index >= 15 is 0 Å². The number of nitro groups is 1. The number of amides is 1. The summed E-state index contributed by atoms with van der Waals surface area (Å²) >= 11 is 7.15. The average molecular weight is 283 g/mol. The molecule has 1 heterocycles. The Bertz CT molecular complexity index is 598.